The van der Waals surface area contributed by atoms with Gasteiger partial charge < -0.3 is 14.5 Å². The molecule has 2 heterocycles. The summed E-state index contributed by atoms with van der Waals surface area (Å²) in [4.78, 5) is 25.2. The maximum Gasteiger partial charge on any atom is 0.340 e. The molecule has 0 fully saturated rings. The van der Waals surface area contributed by atoms with E-state index in [1.165, 1.54) is 5.56 Å². The van der Waals surface area contributed by atoms with Crippen molar-refractivity contribution < 1.29 is 13.9 Å². The summed E-state index contributed by atoms with van der Waals surface area (Å²) in [6.07, 6.45) is 1.84. The molecule has 1 aliphatic rings. The molecule has 1 aliphatic heterocycles. The Morgan fingerprint density at radius 2 is 1.94 bits per heavy atom. The van der Waals surface area contributed by atoms with Crippen LogP contribution in [0.25, 0.3) is 11.0 Å². The molecule has 1 atom stereocenters. The number of amides is 1. The first kappa shape index (κ1) is 21.2. The molecule has 162 valence electrons. The zero-order chi connectivity index (χ0) is 22.2. The molecular formula is C26H29NO4. The normalized spacial score (nSPS) is 15.7. The minimum atomic E-state index is -0.466. The van der Waals surface area contributed by atoms with Crippen LogP contribution in [0.4, 0.5) is 0 Å². The number of rotatable bonds is 5. The molecule has 1 aromatic heterocycles. The highest BCUT2D eigenvalue weighted by Gasteiger charge is 2.28. The number of ether oxygens (including phenoxy) is 1. The lowest BCUT2D eigenvalue weighted by molar-refractivity contribution is -0.120. The minimum absolute atomic E-state index is 0.00618. The van der Waals surface area contributed by atoms with Crippen molar-refractivity contribution in [3.8, 4) is 5.75 Å². The quantitative estimate of drug-likeness (QED) is 0.611. The SMILES string of the molecule is Cc1c(CC(=O)NC[C@@H](C)c2ccccc2)c(=O)oc2cc3c(cc12)CCC(C)(C)O3. The third-order valence-electron chi connectivity index (χ3n) is 6.16. The predicted octanol–water partition coefficient (Wildman–Crippen LogP) is 4.67. The van der Waals surface area contributed by atoms with E-state index < -0.39 is 5.63 Å². The van der Waals surface area contributed by atoms with Crippen molar-refractivity contribution in [3.63, 3.8) is 0 Å². The van der Waals surface area contributed by atoms with Gasteiger partial charge in [0.25, 0.3) is 0 Å². The summed E-state index contributed by atoms with van der Waals surface area (Å²) < 4.78 is 11.7. The number of fused-ring (bicyclic) bond motifs is 2. The Morgan fingerprint density at radius 1 is 1.19 bits per heavy atom. The summed E-state index contributed by atoms with van der Waals surface area (Å²) in [5.74, 6) is 0.780. The van der Waals surface area contributed by atoms with Crippen LogP contribution in [0.3, 0.4) is 0 Å². The fourth-order valence-corrected chi connectivity index (χ4v) is 4.13. The molecule has 2 aromatic carbocycles. The molecule has 31 heavy (non-hydrogen) atoms. The van der Waals surface area contributed by atoms with Crippen molar-refractivity contribution in [2.45, 2.75) is 58.5 Å². The topological polar surface area (TPSA) is 68.5 Å². The predicted molar refractivity (Wildman–Crippen MR) is 122 cm³/mol. The summed E-state index contributed by atoms with van der Waals surface area (Å²) in [5.41, 5.74) is 3.28. The van der Waals surface area contributed by atoms with Gasteiger partial charge >= 0.3 is 5.63 Å². The van der Waals surface area contributed by atoms with Gasteiger partial charge in [0.15, 0.2) is 0 Å². The van der Waals surface area contributed by atoms with E-state index in [2.05, 4.69) is 26.1 Å². The lowest BCUT2D eigenvalue weighted by Gasteiger charge is -2.32. The Balaban J connectivity index is 1.54. The minimum Gasteiger partial charge on any atom is -0.487 e. The molecule has 1 N–H and O–H groups in total. The van der Waals surface area contributed by atoms with Crippen molar-refractivity contribution in [1.29, 1.82) is 0 Å². The second-order valence-corrected chi connectivity index (χ2v) is 9.10. The van der Waals surface area contributed by atoms with Gasteiger partial charge in [-0.2, -0.15) is 0 Å². The fourth-order valence-electron chi connectivity index (χ4n) is 4.13. The molecular weight excluding hydrogens is 390 g/mol. The number of benzene rings is 2. The fraction of sp³-hybridized carbons (Fsp3) is 0.385. The molecule has 0 unspecified atom stereocenters. The van der Waals surface area contributed by atoms with E-state index in [4.69, 9.17) is 9.15 Å². The molecule has 0 bridgehead atoms. The standard InChI is InChI=1S/C26H29NO4/c1-16(18-8-6-5-7-9-18)15-27-24(28)13-21-17(2)20-12-19-10-11-26(3,4)31-22(19)14-23(20)30-25(21)29/h5-9,12,14,16H,10-11,13,15H2,1-4H3,(H,27,28)/t16-/m1/s1. The molecule has 0 radical (unpaired) electrons. The van der Waals surface area contributed by atoms with Crippen molar-refractivity contribution in [3.05, 3.63) is 75.1 Å². The zero-order valence-electron chi connectivity index (χ0n) is 18.6. The van der Waals surface area contributed by atoms with Gasteiger partial charge in [-0.1, -0.05) is 37.3 Å². The highest BCUT2D eigenvalue weighted by Crippen LogP contribution is 2.36. The van der Waals surface area contributed by atoms with E-state index in [0.717, 1.165) is 35.1 Å². The lowest BCUT2D eigenvalue weighted by Crippen LogP contribution is -2.32. The van der Waals surface area contributed by atoms with Crippen molar-refractivity contribution in [2.75, 3.05) is 6.54 Å². The first-order chi connectivity index (χ1) is 14.7. The number of hydrogen-bond donors (Lipinski definition) is 1. The second kappa shape index (κ2) is 8.22. The molecule has 0 aliphatic carbocycles. The molecule has 5 heteroatoms. The van der Waals surface area contributed by atoms with Gasteiger partial charge in [-0.15, -0.1) is 0 Å². The first-order valence-corrected chi connectivity index (χ1v) is 10.8. The van der Waals surface area contributed by atoms with E-state index in [1.54, 1.807) is 0 Å². The summed E-state index contributed by atoms with van der Waals surface area (Å²) in [6, 6.07) is 13.9. The van der Waals surface area contributed by atoms with Crippen LogP contribution in [-0.2, 0) is 17.6 Å². The maximum absolute atomic E-state index is 12.7. The van der Waals surface area contributed by atoms with E-state index >= 15 is 0 Å². The van der Waals surface area contributed by atoms with Crippen LogP contribution in [0.1, 0.15) is 55.4 Å². The smallest absolute Gasteiger partial charge is 0.340 e. The molecule has 0 spiro atoms. The molecule has 0 saturated carbocycles. The summed E-state index contributed by atoms with van der Waals surface area (Å²) in [7, 11) is 0. The summed E-state index contributed by atoms with van der Waals surface area (Å²) >= 11 is 0. The van der Waals surface area contributed by atoms with Gasteiger partial charge in [-0.3, -0.25) is 4.79 Å². The third-order valence-corrected chi connectivity index (χ3v) is 6.16. The number of carbonyl (C=O) groups excluding carboxylic acids is 1. The Bertz CT molecular complexity index is 1180. The summed E-state index contributed by atoms with van der Waals surface area (Å²) in [5, 5.41) is 3.81. The van der Waals surface area contributed by atoms with Crippen molar-refractivity contribution >= 4 is 16.9 Å². The average Bonchev–Trinajstić information content (AvgIpc) is 2.74. The van der Waals surface area contributed by atoms with E-state index in [0.29, 0.717) is 17.7 Å². The molecule has 3 aromatic rings. The van der Waals surface area contributed by atoms with Crippen molar-refractivity contribution in [1.82, 2.24) is 5.32 Å². The van der Waals surface area contributed by atoms with Gasteiger partial charge in [-0.25, -0.2) is 4.79 Å². The van der Waals surface area contributed by atoms with E-state index in [9.17, 15) is 9.59 Å². The van der Waals surface area contributed by atoms with Crippen LogP contribution in [0, 0.1) is 6.92 Å². The Kier molecular flexibility index (Phi) is 5.61. The average molecular weight is 420 g/mol. The van der Waals surface area contributed by atoms with Gasteiger partial charge in [0.1, 0.15) is 16.9 Å². The van der Waals surface area contributed by atoms with E-state index in [-0.39, 0.29) is 23.8 Å². The molecule has 4 rings (SSSR count). The van der Waals surface area contributed by atoms with Crippen LogP contribution in [-0.4, -0.2) is 18.1 Å². The number of aryl methyl sites for hydroxylation is 2. The van der Waals surface area contributed by atoms with Crippen LogP contribution in [0.5, 0.6) is 5.75 Å². The zero-order valence-corrected chi connectivity index (χ0v) is 18.6. The first-order valence-electron chi connectivity index (χ1n) is 10.8. The highest BCUT2D eigenvalue weighted by atomic mass is 16.5. The van der Waals surface area contributed by atoms with Crippen molar-refractivity contribution in [2.24, 2.45) is 0 Å². The molecule has 1 amide bonds. The lowest BCUT2D eigenvalue weighted by atomic mass is 9.92. The Labute approximate surface area is 182 Å². The van der Waals surface area contributed by atoms with Gasteiger partial charge in [0, 0.05) is 18.0 Å². The monoisotopic (exact) mass is 419 g/mol. The number of carbonyl (C=O) groups is 1. The maximum atomic E-state index is 12.7. The van der Waals surface area contributed by atoms with Gasteiger partial charge in [0.2, 0.25) is 5.91 Å². The molecule has 5 nitrogen and oxygen atoms in total. The van der Waals surface area contributed by atoms with Crippen LogP contribution in [0.2, 0.25) is 0 Å². The second-order valence-electron chi connectivity index (χ2n) is 9.10. The highest BCUT2D eigenvalue weighted by molar-refractivity contribution is 5.86. The van der Waals surface area contributed by atoms with Crippen LogP contribution < -0.4 is 15.7 Å². The van der Waals surface area contributed by atoms with E-state index in [1.807, 2.05) is 49.4 Å². The van der Waals surface area contributed by atoms with Gasteiger partial charge in [-0.05, 0) is 62.3 Å². The third kappa shape index (κ3) is 4.50. The van der Waals surface area contributed by atoms with Crippen LogP contribution in [0.15, 0.2) is 51.7 Å². The number of hydrogen-bond acceptors (Lipinski definition) is 4. The Hall–Kier alpha value is -3.08. The summed E-state index contributed by atoms with van der Waals surface area (Å²) in [6.45, 7) is 8.58. The van der Waals surface area contributed by atoms with Gasteiger partial charge in [0.05, 0.1) is 12.0 Å². The Morgan fingerprint density at radius 3 is 2.68 bits per heavy atom. The number of nitrogens with one attached hydrogen (secondary N) is 1. The largest absolute Gasteiger partial charge is 0.487 e. The van der Waals surface area contributed by atoms with Crippen LogP contribution >= 0.6 is 0 Å². The molecule has 0 saturated heterocycles.